The summed E-state index contributed by atoms with van der Waals surface area (Å²) in [6.07, 6.45) is 0.167. The van der Waals surface area contributed by atoms with Crippen molar-refractivity contribution in [1.82, 2.24) is 0 Å². The molecule has 0 aromatic carbocycles. The molecule has 0 saturated carbocycles. The van der Waals surface area contributed by atoms with E-state index in [0.29, 0.717) is 0 Å². The van der Waals surface area contributed by atoms with Crippen molar-refractivity contribution in [3.8, 4) is 0 Å². The third-order valence-corrected chi connectivity index (χ3v) is 0.996. The van der Waals surface area contributed by atoms with Gasteiger partial charge in [0.1, 0.15) is 23.1 Å². The van der Waals surface area contributed by atoms with E-state index in [1.165, 1.54) is 27.7 Å². The normalized spacial score (nSPS) is 7.73. The predicted octanol–water partition coefficient (Wildman–Crippen LogP) is -0.0749. The van der Waals surface area contributed by atoms with Crippen molar-refractivity contribution < 1.29 is 19.2 Å². The average Bonchev–Trinajstić information content (AvgIpc) is 1.79. The van der Waals surface area contributed by atoms with E-state index >= 15 is 0 Å². The van der Waals surface area contributed by atoms with Crippen LogP contribution in [0.2, 0.25) is 0 Å². The van der Waals surface area contributed by atoms with Gasteiger partial charge < -0.3 is 0 Å². The summed E-state index contributed by atoms with van der Waals surface area (Å²) in [7, 11) is 0. The molecule has 4 nitrogen and oxygen atoms in total. The first-order valence-corrected chi connectivity index (χ1v) is 4.23. The van der Waals surface area contributed by atoms with Gasteiger partial charge in [-0.2, -0.15) is 0 Å². The van der Waals surface area contributed by atoms with Crippen molar-refractivity contribution in [1.29, 1.82) is 0 Å². The Morgan fingerprint density at radius 3 is 0.733 bits per heavy atom. The van der Waals surface area contributed by atoms with Crippen molar-refractivity contribution >= 4 is 49.3 Å². The zero-order chi connectivity index (χ0) is 11.7. The zero-order valence-electron chi connectivity index (χ0n) is 9.75. The molecule has 88 valence electrons. The minimum absolute atomic E-state index is 0. The standard InChI is InChI=1S/2C5H8O2.Bi.3H/c2*1-4(6)3-5(2)7;;;;/h2*3H2,1-2H3;;;;. The van der Waals surface area contributed by atoms with Crippen LogP contribution in [0.15, 0.2) is 0 Å². The molecule has 5 heteroatoms. The van der Waals surface area contributed by atoms with Gasteiger partial charge in [-0.1, -0.05) is 0 Å². The molecule has 0 saturated heterocycles. The van der Waals surface area contributed by atoms with E-state index in [1.807, 2.05) is 0 Å². The van der Waals surface area contributed by atoms with Crippen LogP contribution < -0.4 is 0 Å². The molecule has 0 fully saturated rings. The molecule has 0 amide bonds. The number of carbonyl (C=O) groups excluding carboxylic acids is 4. The quantitative estimate of drug-likeness (QED) is 0.479. The molecule has 0 aliphatic carbocycles. The van der Waals surface area contributed by atoms with Crippen LogP contribution in [0.4, 0.5) is 0 Å². The van der Waals surface area contributed by atoms with E-state index < -0.39 is 0 Å². The van der Waals surface area contributed by atoms with E-state index in [0.717, 1.165) is 0 Å². The van der Waals surface area contributed by atoms with E-state index in [4.69, 9.17) is 0 Å². The van der Waals surface area contributed by atoms with Gasteiger partial charge in [0.25, 0.3) is 0 Å². The van der Waals surface area contributed by atoms with Crippen molar-refractivity contribution in [2.45, 2.75) is 40.5 Å². The van der Waals surface area contributed by atoms with Crippen molar-refractivity contribution in [3.63, 3.8) is 0 Å². The van der Waals surface area contributed by atoms with Crippen LogP contribution in [-0.4, -0.2) is 49.3 Å². The molecule has 0 aromatic heterocycles. The summed E-state index contributed by atoms with van der Waals surface area (Å²) in [4.78, 5) is 40.1. The summed E-state index contributed by atoms with van der Waals surface area (Å²) < 4.78 is 0. The number of ketones is 4. The second-order valence-corrected chi connectivity index (χ2v) is 3.16. The molecule has 0 atom stereocenters. The fourth-order valence-electron chi connectivity index (χ4n) is 0.701. The fraction of sp³-hybridized carbons (Fsp3) is 0.600. The Kier molecular flexibility index (Phi) is 15.5. The van der Waals surface area contributed by atoms with Crippen LogP contribution in [0.5, 0.6) is 0 Å². The Hall–Kier alpha value is -0.437. The molecule has 0 spiro atoms. The Labute approximate surface area is 109 Å². The van der Waals surface area contributed by atoms with Crippen LogP contribution in [0, 0.1) is 0 Å². The number of carbonyl (C=O) groups is 4. The topological polar surface area (TPSA) is 68.3 Å². The second kappa shape index (κ2) is 11.6. The van der Waals surface area contributed by atoms with E-state index in [1.54, 1.807) is 0 Å². The van der Waals surface area contributed by atoms with Crippen LogP contribution in [0.1, 0.15) is 40.5 Å². The predicted molar refractivity (Wildman–Crippen MR) is 61.9 cm³/mol. The van der Waals surface area contributed by atoms with Gasteiger partial charge in [0, 0.05) is 0 Å². The van der Waals surface area contributed by atoms with Crippen molar-refractivity contribution in [2.75, 3.05) is 0 Å². The van der Waals surface area contributed by atoms with Gasteiger partial charge in [0.05, 0.1) is 12.8 Å². The molecule has 0 radical (unpaired) electrons. The molecular weight excluding hydrogens is 393 g/mol. The van der Waals surface area contributed by atoms with Crippen molar-refractivity contribution in [3.05, 3.63) is 0 Å². The summed E-state index contributed by atoms with van der Waals surface area (Å²) >= 11 is 0. The number of hydrogen-bond acceptors (Lipinski definition) is 4. The number of hydrogen-bond donors (Lipinski definition) is 0. The third-order valence-electron chi connectivity index (χ3n) is 0.996. The molecule has 0 bridgehead atoms. The zero-order valence-corrected chi connectivity index (χ0v) is 15.3. The Balaban J connectivity index is -0.000000180. The molecule has 0 N–H and O–H groups in total. The van der Waals surface area contributed by atoms with Gasteiger partial charge in [0.2, 0.25) is 0 Å². The van der Waals surface area contributed by atoms with Gasteiger partial charge in [-0.05, 0) is 27.7 Å². The first-order chi connectivity index (χ1) is 6.25. The van der Waals surface area contributed by atoms with Crippen LogP contribution in [0.25, 0.3) is 0 Å². The fourth-order valence-corrected chi connectivity index (χ4v) is 0.701. The van der Waals surface area contributed by atoms with E-state index in [-0.39, 0.29) is 62.2 Å². The minimum atomic E-state index is -0.0625. The van der Waals surface area contributed by atoms with Gasteiger partial charge in [-0.25, -0.2) is 0 Å². The van der Waals surface area contributed by atoms with Crippen LogP contribution in [0.3, 0.4) is 0 Å². The second-order valence-electron chi connectivity index (χ2n) is 3.16. The third kappa shape index (κ3) is 31.7. The summed E-state index contributed by atoms with van der Waals surface area (Å²) in [5.41, 5.74) is 0. The Morgan fingerprint density at radius 2 is 0.733 bits per heavy atom. The monoisotopic (exact) mass is 412 g/mol. The van der Waals surface area contributed by atoms with Gasteiger partial charge in [-0.15, -0.1) is 0 Å². The number of Topliss-reactive ketones (excluding diaryl/α,β-unsaturated/α-hetero) is 4. The summed E-state index contributed by atoms with van der Waals surface area (Å²) in [6, 6.07) is 0. The first kappa shape index (κ1) is 20.0. The molecule has 0 unspecified atom stereocenters. The SMILES string of the molecule is CC(=O)CC(C)=O.CC(=O)CC(C)=O.[BiH3]. The summed E-state index contributed by atoms with van der Waals surface area (Å²) in [5.74, 6) is -0.250. The molecule has 15 heavy (non-hydrogen) atoms. The number of rotatable bonds is 4. The molecule has 0 heterocycles. The Bertz CT molecular complexity index is 196. The van der Waals surface area contributed by atoms with Crippen molar-refractivity contribution in [2.24, 2.45) is 0 Å². The van der Waals surface area contributed by atoms with Crippen LogP contribution >= 0.6 is 0 Å². The molecule has 0 aliphatic rings. The molecule has 0 rings (SSSR count). The Morgan fingerprint density at radius 1 is 0.600 bits per heavy atom. The van der Waals surface area contributed by atoms with Crippen LogP contribution in [-0.2, 0) is 19.2 Å². The van der Waals surface area contributed by atoms with Gasteiger partial charge >= 0.3 is 26.2 Å². The maximum atomic E-state index is 10.0. The first-order valence-electron chi connectivity index (χ1n) is 4.23. The summed E-state index contributed by atoms with van der Waals surface area (Å²) in [5, 5.41) is 0. The van der Waals surface area contributed by atoms with Gasteiger partial charge in [-0.3, -0.25) is 19.2 Å². The van der Waals surface area contributed by atoms with E-state index in [2.05, 4.69) is 0 Å². The molecule has 0 aromatic rings. The summed E-state index contributed by atoms with van der Waals surface area (Å²) in [6.45, 7) is 5.62. The molecule has 0 aliphatic heterocycles. The average molecular weight is 412 g/mol. The van der Waals surface area contributed by atoms with Gasteiger partial charge in [0.15, 0.2) is 0 Å². The molecular formula is C10H19BiO4. The maximum absolute atomic E-state index is 10.0. The van der Waals surface area contributed by atoms with E-state index in [9.17, 15) is 19.2 Å².